The molecule has 9 heteroatoms. The number of pyridine rings is 1. The lowest BCUT2D eigenvalue weighted by Crippen LogP contribution is -2.53. The zero-order valence-corrected chi connectivity index (χ0v) is 17.5. The van der Waals surface area contributed by atoms with Crippen molar-refractivity contribution in [1.82, 2.24) is 19.1 Å². The van der Waals surface area contributed by atoms with Gasteiger partial charge in [-0.25, -0.2) is 8.42 Å². The Morgan fingerprint density at radius 1 is 1.29 bits per heavy atom. The Balaban J connectivity index is 1.66. The molecule has 2 aliphatic rings. The van der Waals surface area contributed by atoms with Gasteiger partial charge in [0.05, 0.1) is 25.0 Å². The zero-order chi connectivity index (χ0) is 20.1. The van der Waals surface area contributed by atoms with Crippen molar-refractivity contribution in [3.63, 3.8) is 0 Å². The van der Waals surface area contributed by atoms with Gasteiger partial charge in [-0.3, -0.25) is 14.7 Å². The predicted molar refractivity (Wildman–Crippen MR) is 107 cm³/mol. The van der Waals surface area contributed by atoms with Crippen LogP contribution in [0.5, 0.6) is 0 Å². The van der Waals surface area contributed by atoms with E-state index in [1.54, 1.807) is 21.5 Å². The van der Waals surface area contributed by atoms with Crippen LogP contribution in [0.3, 0.4) is 0 Å². The summed E-state index contributed by atoms with van der Waals surface area (Å²) < 4.78 is 31.8. The van der Waals surface area contributed by atoms with Crippen molar-refractivity contribution in [3.05, 3.63) is 29.6 Å². The molecule has 2 fully saturated rings. The fourth-order valence-electron chi connectivity index (χ4n) is 3.84. The first-order valence-electron chi connectivity index (χ1n) is 9.83. The van der Waals surface area contributed by atoms with E-state index in [0.717, 1.165) is 31.6 Å². The maximum absolute atomic E-state index is 12.8. The van der Waals surface area contributed by atoms with Crippen molar-refractivity contribution >= 4 is 15.9 Å². The molecule has 1 unspecified atom stereocenters. The first kappa shape index (κ1) is 21.2. The Morgan fingerprint density at radius 2 is 2.04 bits per heavy atom. The second kappa shape index (κ2) is 9.30. The van der Waals surface area contributed by atoms with E-state index in [1.807, 2.05) is 13.0 Å². The SMILES string of the molecule is Cc1ccc(C(=O)N2CCCC(N(CCN3CCOCC3)S(C)(=O)=O)C2)cn1. The topological polar surface area (TPSA) is 83.1 Å². The fourth-order valence-corrected chi connectivity index (χ4v) is 4.96. The molecule has 0 aliphatic carbocycles. The van der Waals surface area contributed by atoms with Crippen LogP contribution in [0.25, 0.3) is 0 Å². The van der Waals surface area contributed by atoms with Crippen LogP contribution in [0.1, 0.15) is 28.9 Å². The van der Waals surface area contributed by atoms with Gasteiger partial charge < -0.3 is 9.64 Å². The largest absolute Gasteiger partial charge is 0.379 e. The van der Waals surface area contributed by atoms with Crippen LogP contribution in [0, 0.1) is 6.92 Å². The van der Waals surface area contributed by atoms with E-state index in [-0.39, 0.29) is 11.9 Å². The van der Waals surface area contributed by atoms with Gasteiger partial charge in [0, 0.05) is 57.2 Å². The lowest BCUT2D eigenvalue weighted by atomic mass is 10.0. The first-order chi connectivity index (χ1) is 13.3. The Labute approximate surface area is 167 Å². The number of rotatable bonds is 6. The van der Waals surface area contributed by atoms with E-state index in [0.29, 0.717) is 45.0 Å². The van der Waals surface area contributed by atoms with Gasteiger partial charge in [-0.2, -0.15) is 4.31 Å². The molecule has 1 aromatic rings. The van der Waals surface area contributed by atoms with Crippen molar-refractivity contribution in [3.8, 4) is 0 Å². The molecule has 1 aromatic heterocycles. The van der Waals surface area contributed by atoms with E-state index < -0.39 is 10.0 Å². The molecule has 0 bridgehead atoms. The molecule has 1 amide bonds. The number of aryl methyl sites for hydroxylation is 1. The van der Waals surface area contributed by atoms with Crippen LogP contribution in [0.4, 0.5) is 0 Å². The molecular weight excluding hydrogens is 380 g/mol. The molecular formula is C19H30N4O4S. The number of hydrogen-bond donors (Lipinski definition) is 0. The highest BCUT2D eigenvalue weighted by Crippen LogP contribution is 2.20. The van der Waals surface area contributed by atoms with Crippen molar-refractivity contribution in [2.75, 3.05) is 58.7 Å². The van der Waals surface area contributed by atoms with Crippen LogP contribution in [-0.4, -0.2) is 98.2 Å². The monoisotopic (exact) mass is 410 g/mol. The van der Waals surface area contributed by atoms with E-state index >= 15 is 0 Å². The van der Waals surface area contributed by atoms with Gasteiger partial charge in [0.1, 0.15) is 0 Å². The number of carbonyl (C=O) groups excluding carboxylic acids is 1. The number of likely N-dealkylation sites (tertiary alicyclic amines) is 1. The summed E-state index contributed by atoms with van der Waals surface area (Å²) in [5, 5.41) is 0. The first-order valence-corrected chi connectivity index (χ1v) is 11.7. The van der Waals surface area contributed by atoms with Crippen LogP contribution in [0.2, 0.25) is 0 Å². The molecule has 0 radical (unpaired) electrons. The Morgan fingerprint density at radius 3 is 2.68 bits per heavy atom. The number of ether oxygens (including phenoxy) is 1. The average Bonchev–Trinajstić information content (AvgIpc) is 2.68. The molecule has 0 aromatic carbocycles. The molecule has 0 N–H and O–H groups in total. The lowest BCUT2D eigenvalue weighted by molar-refractivity contribution is 0.0334. The second-order valence-corrected chi connectivity index (χ2v) is 9.50. The summed E-state index contributed by atoms with van der Waals surface area (Å²) in [6.45, 7) is 7.10. The standard InChI is InChI=1S/C19H30N4O4S/c1-16-5-6-17(14-20-16)19(24)22-7-3-4-18(15-22)23(28(2,25)26)9-8-21-10-12-27-13-11-21/h5-6,14,18H,3-4,7-13,15H2,1-2H3. The third-order valence-electron chi connectivity index (χ3n) is 5.42. The van der Waals surface area contributed by atoms with E-state index in [1.165, 1.54) is 6.26 Å². The van der Waals surface area contributed by atoms with Crippen LogP contribution in [0.15, 0.2) is 18.3 Å². The Hall–Kier alpha value is -1.55. The third-order valence-corrected chi connectivity index (χ3v) is 6.75. The number of nitrogens with zero attached hydrogens (tertiary/aromatic N) is 4. The molecule has 1 atom stereocenters. The molecule has 2 aliphatic heterocycles. The number of hydrogen-bond acceptors (Lipinski definition) is 6. The van der Waals surface area contributed by atoms with Gasteiger partial charge in [-0.1, -0.05) is 0 Å². The minimum Gasteiger partial charge on any atom is -0.379 e. The lowest BCUT2D eigenvalue weighted by Gasteiger charge is -2.39. The van der Waals surface area contributed by atoms with Gasteiger partial charge in [-0.05, 0) is 31.9 Å². The highest BCUT2D eigenvalue weighted by molar-refractivity contribution is 7.88. The minimum atomic E-state index is -3.36. The predicted octanol–water partition coefficient (Wildman–Crippen LogP) is 0.588. The van der Waals surface area contributed by atoms with Crippen LogP contribution >= 0.6 is 0 Å². The highest BCUT2D eigenvalue weighted by Gasteiger charge is 2.33. The number of aromatic nitrogens is 1. The quantitative estimate of drug-likeness (QED) is 0.683. The molecule has 156 valence electrons. The average molecular weight is 411 g/mol. The van der Waals surface area contributed by atoms with Crippen molar-refractivity contribution in [2.24, 2.45) is 0 Å². The molecule has 2 saturated heterocycles. The van der Waals surface area contributed by atoms with Gasteiger partial charge >= 0.3 is 0 Å². The van der Waals surface area contributed by atoms with Crippen LogP contribution < -0.4 is 0 Å². The number of sulfonamides is 1. The highest BCUT2D eigenvalue weighted by atomic mass is 32.2. The molecule has 28 heavy (non-hydrogen) atoms. The smallest absolute Gasteiger partial charge is 0.255 e. The molecule has 8 nitrogen and oxygen atoms in total. The summed E-state index contributed by atoms with van der Waals surface area (Å²) in [5.74, 6) is -0.0844. The Bertz CT molecular complexity index is 763. The molecule has 3 heterocycles. The Kier molecular flexibility index (Phi) is 7.03. The second-order valence-electron chi connectivity index (χ2n) is 7.56. The van der Waals surface area contributed by atoms with Gasteiger partial charge in [0.2, 0.25) is 10.0 Å². The number of morpholine rings is 1. The van der Waals surface area contributed by atoms with Crippen molar-refractivity contribution in [2.45, 2.75) is 25.8 Å². The van der Waals surface area contributed by atoms with Gasteiger partial charge in [0.25, 0.3) is 5.91 Å². The van der Waals surface area contributed by atoms with Crippen molar-refractivity contribution in [1.29, 1.82) is 0 Å². The summed E-state index contributed by atoms with van der Waals surface area (Å²) in [5.41, 5.74) is 1.41. The summed E-state index contributed by atoms with van der Waals surface area (Å²) in [6.07, 6.45) is 4.41. The summed E-state index contributed by atoms with van der Waals surface area (Å²) in [6, 6.07) is 3.41. The minimum absolute atomic E-state index is 0.0844. The van der Waals surface area contributed by atoms with E-state index in [9.17, 15) is 13.2 Å². The molecule has 0 saturated carbocycles. The van der Waals surface area contributed by atoms with Crippen molar-refractivity contribution < 1.29 is 17.9 Å². The van der Waals surface area contributed by atoms with Crippen LogP contribution in [-0.2, 0) is 14.8 Å². The van der Waals surface area contributed by atoms with Gasteiger partial charge in [-0.15, -0.1) is 0 Å². The van der Waals surface area contributed by atoms with Gasteiger partial charge in [0.15, 0.2) is 0 Å². The number of carbonyl (C=O) groups is 1. The molecule has 3 rings (SSSR count). The summed E-state index contributed by atoms with van der Waals surface area (Å²) >= 11 is 0. The summed E-state index contributed by atoms with van der Waals surface area (Å²) in [4.78, 5) is 21.0. The number of piperidine rings is 1. The normalized spacial score (nSPS) is 21.8. The third kappa shape index (κ3) is 5.50. The molecule has 0 spiro atoms. The summed E-state index contributed by atoms with van der Waals surface area (Å²) in [7, 11) is -3.36. The number of amides is 1. The maximum Gasteiger partial charge on any atom is 0.255 e. The maximum atomic E-state index is 12.8. The fraction of sp³-hybridized carbons (Fsp3) is 0.684. The zero-order valence-electron chi connectivity index (χ0n) is 16.7. The van der Waals surface area contributed by atoms with E-state index in [2.05, 4.69) is 9.88 Å². The van der Waals surface area contributed by atoms with E-state index in [4.69, 9.17) is 4.74 Å².